The maximum absolute atomic E-state index is 11.6. The summed E-state index contributed by atoms with van der Waals surface area (Å²) in [6, 6.07) is -0.0337. The summed E-state index contributed by atoms with van der Waals surface area (Å²) in [5, 5.41) is 11.7. The number of likely N-dealkylation sites (tertiary alicyclic amines) is 1. The highest BCUT2D eigenvalue weighted by Gasteiger charge is 2.28. The first-order chi connectivity index (χ1) is 7.19. The van der Waals surface area contributed by atoms with E-state index in [1.54, 1.807) is 0 Å². The molecule has 15 heavy (non-hydrogen) atoms. The molecule has 1 heterocycles. The van der Waals surface area contributed by atoms with Gasteiger partial charge in [-0.2, -0.15) is 0 Å². The third kappa shape index (κ3) is 3.47. The van der Waals surface area contributed by atoms with Gasteiger partial charge >= 0.3 is 0 Å². The molecule has 0 aromatic rings. The van der Waals surface area contributed by atoms with E-state index < -0.39 is 0 Å². The Morgan fingerprint density at radius 1 is 1.67 bits per heavy atom. The van der Waals surface area contributed by atoms with Gasteiger partial charge in [0.15, 0.2) is 0 Å². The number of hydrogen-bond donors (Lipinski definition) is 2. The van der Waals surface area contributed by atoms with E-state index in [9.17, 15) is 4.79 Å². The van der Waals surface area contributed by atoms with Gasteiger partial charge < -0.3 is 10.4 Å². The lowest BCUT2D eigenvalue weighted by atomic mass is 10.1. The van der Waals surface area contributed by atoms with Crippen molar-refractivity contribution in [2.24, 2.45) is 5.92 Å². The van der Waals surface area contributed by atoms with E-state index in [4.69, 9.17) is 5.11 Å². The highest BCUT2D eigenvalue weighted by atomic mass is 16.3. The molecule has 4 heteroatoms. The standard InChI is InChI=1S/C11H22N2O2/c1-3-12-11(15)9(2)13-6-4-10(8-13)5-7-14/h9-10,14H,3-8H2,1-2H3,(H,12,15). The monoisotopic (exact) mass is 214 g/mol. The first-order valence-corrected chi connectivity index (χ1v) is 5.81. The maximum Gasteiger partial charge on any atom is 0.237 e. The van der Waals surface area contributed by atoms with Crippen LogP contribution in [-0.4, -0.2) is 48.2 Å². The quantitative estimate of drug-likeness (QED) is 0.688. The molecule has 4 nitrogen and oxygen atoms in total. The smallest absolute Gasteiger partial charge is 0.237 e. The van der Waals surface area contributed by atoms with Crippen LogP contribution in [0.15, 0.2) is 0 Å². The van der Waals surface area contributed by atoms with Gasteiger partial charge in [-0.15, -0.1) is 0 Å². The second-order valence-corrected chi connectivity index (χ2v) is 4.23. The van der Waals surface area contributed by atoms with E-state index in [1.807, 2.05) is 13.8 Å². The minimum Gasteiger partial charge on any atom is -0.396 e. The zero-order valence-corrected chi connectivity index (χ0v) is 9.70. The molecule has 1 aliphatic heterocycles. The van der Waals surface area contributed by atoms with Crippen LogP contribution in [0.4, 0.5) is 0 Å². The molecule has 1 rings (SSSR count). The minimum absolute atomic E-state index is 0.0337. The Morgan fingerprint density at radius 2 is 2.40 bits per heavy atom. The lowest BCUT2D eigenvalue weighted by Crippen LogP contribution is -2.44. The van der Waals surface area contributed by atoms with Crippen LogP contribution in [0.3, 0.4) is 0 Å². The fourth-order valence-electron chi connectivity index (χ4n) is 2.12. The molecule has 2 N–H and O–H groups in total. The van der Waals surface area contributed by atoms with E-state index in [-0.39, 0.29) is 18.6 Å². The molecule has 0 spiro atoms. The average Bonchev–Trinajstić information content (AvgIpc) is 2.66. The normalized spacial score (nSPS) is 24.1. The fraction of sp³-hybridized carbons (Fsp3) is 0.909. The first kappa shape index (κ1) is 12.5. The number of carbonyl (C=O) groups is 1. The minimum atomic E-state index is -0.0337. The van der Waals surface area contributed by atoms with Crippen molar-refractivity contribution < 1.29 is 9.90 Å². The Balaban J connectivity index is 2.35. The third-order valence-electron chi connectivity index (χ3n) is 3.13. The van der Waals surface area contributed by atoms with Crippen molar-refractivity contribution in [3.8, 4) is 0 Å². The molecule has 1 aliphatic rings. The zero-order valence-electron chi connectivity index (χ0n) is 9.70. The molecule has 0 saturated carbocycles. The van der Waals surface area contributed by atoms with Crippen LogP contribution in [0.25, 0.3) is 0 Å². The number of carbonyl (C=O) groups excluding carboxylic acids is 1. The predicted molar refractivity (Wildman–Crippen MR) is 59.5 cm³/mol. The van der Waals surface area contributed by atoms with E-state index in [0.717, 1.165) is 25.9 Å². The number of aliphatic hydroxyl groups is 1. The number of amides is 1. The Bertz CT molecular complexity index is 209. The van der Waals surface area contributed by atoms with Crippen LogP contribution in [0.5, 0.6) is 0 Å². The largest absolute Gasteiger partial charge is 0.396 e. The number of hydrogen-bond acceptors (Lipinski definition) is 3. The van der Waals surface area contributed by atoms with E-state index in [2.05, 4.69) is 10.2 Å². The molecular formula is C11H22N2O2. The highest BCUT2D eigenvalue weighted by molar-refractivity contribution is 5.81. The summed E-state index contributed by atoms with van der Waals surface area (Å²) in [7, 11) is 0. The first-order valence-electron chi connectivity index (χ1n) is 5.81. The molecule has 0 bridgehead atoms. The zero-order chi connectivity index (χ0) is 11.3. The molecule has 1 saturated heterocycles. The molecule has 0 aromatic heterocycles. The van der Waals surface area contributed by atoms with Crippen molar-refractivity contribution in [3.05, 3.63) is 0 Å². The van der Waals surface area contributed by atoms with Gasteiger partial charge in [0.05, 0.1) is 6.04 Å². The molecular weight excluding hydrogens is 192 g/mol. The average molecular weight is 214 g/mol. The van der Waals surface area contributed by atoms with Crippen LogP contribution in [0.2, 0.25) is 0 Å². The molecule has 0 aromatic carbocycles. The van der Waals surface area contributed by atoms with Crippen molar-refractivity contribution >= 4 is 5.91 Å². The summed E-state index contributed by atoms with van der Waals surface area (Å²) >= 11 is 0. The Kier molecular flexibility index (Phi) is 5.05. The summed E-state index contributed by atoms with van der Waals surface area (Å²) < 4.78 is 0. The van der Waals surface area contributed by atoms with Gasteiger partial charge in [-0.1, -0.05) is 0 Å². The maximum atomic E-state index is 11.6. The summed E-state index contributed by atoms with van der Waals surface area (Å²) in [4.78, 5) is 13.8. The number of aliphatic hydroxyl groups excluding tert-OH is 1. The van der Waals surface area contributed by atoms with Gasteiger partial charge in [-0.3, -0.25) is 9.69 Å². The van der Waals surface area contributed by atoms with Crippen molar-refractivity contribution in [1.82, 2.24) is 10.2 Å². The fourth-order valence-corrected chi connectivity index (χ4v) is 2.12. The van der Waals surface area contributed by atoms with E-state index in [0.29, 0.717) is 12.5 Å². The SMILES string of the molecule is CCNC(=O)C(C)N1CCC(CCO)C1. The number of nitrogens with zero attached hydrogens (tertiary/aromatic N) is 1. The summed E-state index contributed by atoms with van der Waals surface area (Å²) in [5.74, 6) is 0.675. The van der Waals surface area contributed by atoms with Crippen LogP contribution in [0.1, 0.15) is 26.7 Å². The Morgan fingerprint density at radius 3 is 3.00 bits per heavy atom. The van der Waals surface area contributed by atoms with Gasteiger partial charge in [0.1, 0.15) is 0 Å². The van der Waals surface area contributed by atoms with Crippen LogP contribution < -0.4 is 5.32 Å². The summed E-state index contributed by atoms with van der Waals surface area (Å²) in [6.45, 7) is 6.75. The summed E-state index contributed by atoms with van der Waals surface area (Å²) in [6.07, 6.45) is 1.96. The van der Waals surface area contributed by atoms with Gasteiger partial charge in [0, 0.05) is 19.7 Å². The lowest BCUT2D eigenvalue weighted by molar-refractivity contribution is -0.125. The van der Waals surface area contributed by atoms with Crippen molar-refractivity contribution in [2.75, 3.05) is 26.2 Å². The topological polar surface area (TPSA) is 52.6 Å². The molecule has 88 valence electrons. The van der Waals surface area contributed by atoms with Crippen molar-refractivity contribution in [1.29, 1.82) is 0 Å². The molecule has 2 atom stereocenters. The van der Waals surface area contributed by atoms with E-state index in [1.165, 1.54) is 0 Å². The molecule has 2 unspecified atom stereocenters. The molecule has 1 amide bonds. The number of nitrogens with one attached hydrogen (secondary N) is 1. The predicted octanol–water partition coefficient (Wildman–Crippen LogP) is 0.215. The second-order valence-electron chi connectivity index (χ2n) is 4.23. The van der Waals surface area contributed by atoms with Crippen LogP contribution >= 0.6 is 0 Å². The Labute approximate surface area is 91.6 Å². The number of rotatable bonds is 5. The second kappa shape index (κ2) is 6.08. The van der Waals surface area contributed by atoms with Crippen molar-refractivity contribution in [3.63, 3.8) is 0 Å². The van der Waals surface area contributed by atoms with Crippen LogP contribution in [-0.2, 0) is 4.79 Å². The highest BCUT2D eigenvalue weighted by Crippen LogP contribution is 2.21. The van der Waals surface area contributed by atoms with Gasteiger partial charge in [-0.05, 0) is 39.2 Å². The van der Waals surface area contributed by atoms with Gasteiger partial charge in [-0.25, -0.2) is 0 Å². The summed E-state index contributed by atoms with van der Waals surface area (Å²) in [5.41, 5.74) is 0. The van der Waals surface area contributed by atoms with Gasteiger partial charge in [0.2, 0.25) is 5.91 Å². The third-order valence-corrected chi connectivity index (χ3v) is 3.13. The molecule has 0 aliphatic carbocycles. The van der Waals surface area contributed by atoms with Crippen LogP contribution in [0, 0.1) is 5.92 Å². The molecule has 1 fully saturated rings. The van der Waals surface area contributed by atoms with Crippen molar-refractivity contribution in [2.45, 2.75) is 32.7 Å². The van der Waals surface area contributed by atoms with E-state index >= 15 is 0 Å². The molecule has 0 radical (unpaired) electrons. The Hall–Kier alpha value is -0.610. The van der Waals surface area contributed by atoms with Gasteiger partial charge in [0.25, 0.3) is 0 Å². The number of likely N-dealkylation sites (N-methyl/N-ethyl adjacent to an activating group) is 1. The lowest BCUT2D eigenvalue weighted by Gasteiger charge is -2.23.